The molecule has 1 aromatic carbocycles. The zero-order chi connectivity index (χ0) is 28.9. The van der Waals surface area contributed by atoms with Crippen LogP contribution >= 0.6 is 0 Å². The third-order valence-corrected chi connectivity index (χ3v) is 10.1. The third-order valence-electron chi connectivity index (χ3n) is 10.1. The zero-order valence-corrected chi connectivity index (χ0v) is 21.9. The summed E-state index contributed by atoms with van der Waals surface area (Å²) in [6.45, 7) is 2.97. The number of esters is 3. The van der Waals surface area contributed by atoms with E-state index in [-0.39, 0.29) is 18.6 Å². The van der Waals surface area contributed by atoms with Crippen molar-refractivity contribution in [1.82, 2.24) is 0 Å². The largest absolute Gasteiger partial charge is 0.467 e. The minimum atomic E-state index is -2.35. The summed E-state index contributed by atoms with van der Waals surface area (Å²) in [7, 11) is 1.04. The van der Waals surface area contributed by atoms with Crippen LogP contribution in [-0.2, 0) is 33.3 Å². The summed E-state index contributed by atoms with van der Waals surface area (Å²) in [6, 6.07) is 4.58. The molecule has 2 saturated carbocycles. The molecule has 0 aromatic heterocycles. The SMILES string of the molecule is COC(=O)[C@]12OC[C@]34C(C(O)[C@@H]1O)[C@@]1(C)[C@H](O)C(=O)C=C(C)[C@@H]1C[C@H]3OC(=O)[C@H](OC(=O)c1cccc(F)c1)[C@@H]24. The molecule has 2 unspecified atom stereocenters. The van der Waals surface area contributed by atoms with Gasteiger partial charge in [-0.05, 0) is 43.5 Å². The number of hydrogen-bond donors (Lipinski definition) is 3. The quantitative estimate of drug-likeness (QED) is 0.339. The molecule has 11 atom stereocenters. The van der Waals surface area contributed by atoms with Gasteiger partial charge >= 0.3 is 17.9 Å². The molecule has 11 nitrogen and oxygen atoms in total. The fourth-order valence-electron chi connectivity index (χ4n) is 8.61. The van der Waals surface area contributed by atoms with Crippen LogP contribution in [0.4, 0.5) is 4.39 Å². The van der Waals surface area contributed by atoms with Gasteiger partial charge in [-0.15, -0.1) is 0 Å². The van der Waals surface area contributed by atoms with Gasteiger partial charge < -0.3 is 34.3 Å². The van der Waals surface area contributed by atoms with Crippen molar-refractivity contribution >= 4 is 23.7 Å². The molecular weight excluding hydrogens is 531 g/mol. The van der Waals surface area contributed by atoms with E-state index < -0.39 is 94.2 Å². The molecule has 3 aliphatic carbocycles. The third kappa shape index (κ3) is 3.07. The number of ketones is 1. The molecular formula is C28H29FO11. The maximum atomic E-state index is 13.9. The molecule has 214 valence electrons. The van der Waals surface area contributed by atoms with Gasteiger partial charge in [0.15, 0.2) is 5.78 Å². The van der Waals surface area contributed by atoms with Crippen molar-refractivity contribution in [3.8, 4) is 0 Å². The number of aliphatic hydroxyl groups excluding tert-OH is 3. The summed E-state index contributed by atoms with van der Waals surface area (Å²) in [5.74, 6) is -7.68. The second-order valence-electron chi connectivity index (χ2n) is 11.7. The number of fused-ring (bicyclic) bond motifs is 2. The summed E-state index contributed by atoms with van der Waals surface area (Å²) >= 11 is 0. The number of carbonyl (C=O) groups excluding carboxylic acids is 4. The maximum absolute atomic E-state index is 13.9. The summed E-state index contributed by atoms with van der Waals surface area (Å²) in [6.07, 6.45) is -6.76. The Hall–Kier alpha value is -3.19. The van der Waals surface area contributed by atoms with Gasteiger partial charge in [0, 0.05) is 16.7 Å². The van der Waals surface area contributed by atoms with Crippen LogP contribution in [0, 0.1) is 34.4 Å². The first-order valence-corrected chi connectivity index (χ1v) is 13.0. The summed E-state index contributed by atoms with van der Waals surface area (Å²) < 4.78 is 36.3. The van der Waals surface area contributed by atoms with Crippen LogP contribution in [0.25, 0.3) is 0 Å². The zero-order valence-electron chi connectivity index (χ0n) is 21.9. The number of aliphatic hydroxyl groups is 3. The van der Waals surface area contributed by atoms with Crippen LogP contribution in [-0.4, -0.2) is 88.8 Å². The van der Waals surface area contributed by atoms with E-state index in [0.717, 1.165) is 19.2 Å². The highest BCUT2D eigenvalue weighted by molar-refractivity contribution is 5.96. The first-order valence-electron chi connectivity index (χ1n) is 13.0. The number of ether oxygens (including phenoxy) is 4. The number of rotatable bonds is 3. The fraction of sp³-hybridized carbons (Fsp3) is 0.571. The van der Waals surface area contributed by atoms with Crippen LogP contribution < -0.4 is 0 Å². The van der Waals surface area contributed by atoms with Gasteiger partial charge in [-0.3, -0.25) is 4.79 Å². The van der Waals surface area contributed by atoms with Crippen LogP contribution in [0.3, 0.4) is 0 Å². The van der Waals surface area contributed by atoms with Gasteiger partial charge in [-0.25, -0.2) is 18.8 Å². The Kier molecular flexibility index (Phi) is 5.84. The highest BCUT2D eigenvalue weighted by Crippen LogP contribution is 2.72. The van der Waals surface area contributed by atoms with E-state index in [9.17, 15) is 38.9 Å². The van der Waals surface area contributed by atoms with Gasteiger partial charge in [0.1, 0.15) is 24.1 Å². The lowest BCUT2D eigenvalue weighted by Crippen LogP contribution is -2.80. The number of benzene rings is 1. The Morgan fingerprint density at radius 2 is 1.88 bits per heavy atom. The molecule has 6 rings (SSSR count). The lowest BCUT2D eigenvalue weighted by Gasteiger charge is -2.67. The second-order valence-corrected chi connectivity index (χ2v) is 11.7. The van der Waals surface area contributed by atoms with Gasteiger partial charge in [-0.2, -0.15) is 0 Å². The first-order chi connectivity index (χ1) is 18.8. The minimum Gasteiger partial charge on any atom is -0.467 e. The predicted molar refractivity (Wildman–Crippen MR) is 129 cm³/mol. The Bertz CT molecular complexity index is 1360. The van der Waals surface area contributed by atoms with E-state index in [2.05, 4.69) is 0 Å². The first kappa shape index (κ1) is 27.0. The Labute approximate surface area is 227 Å². The lowest BCUT2D eigenvalue weighted by molar-refractivity contribution is -0.296. The van der Waals surface area contributed by atoms with Crippen LogP contribution in [0.2, 0.25) is 0 Å². The smallest absolute Gasteiger partial charge is 0.348 e. The molecule has 40 heavy (non-hydrogen) atoms. The fourth-order valence-corrected chi connectivity index (χ4v) is 8.61. The molecule has 1 aromatic rings. The van der Waals surface area contributed by atoms with Crippen LogP contribution in [0.1, 0.15) is 30.6 Å². The van der Waals surface area contributed by atoms with Gasteiger partial charge in [0.25, 0.3) is 0 Å². The van der Waals surface area contributed by atoms with Crippen LogP contribution in [0.5, 0.6) is 0 Å². The molecule has 5 aliphatic rings. The van der Waals surface area contributed by atoms with E-state index in [1.54, 1.807) is 13.8 Å². The normalized spacial score (nSPS) is 45.0. The maximum Gasteiger partial charge on any atom is 0.348 e. The van der Waals surface area contributed by atoms with Crippen molar-refractivity contribution in [1.29, 1.82) is 0 Å². The molecule has 2 bridgehead atoms. The summed E-state index contributed by atoms with van der Waals surface area (Å²) in [5.41, 5.74) is -4.84. The minimum absolute atomic E-state index is 0.107. The second kappa shape index (κ2) is 8.65. The molecule has 3 N–H and O–H groups in total. The van der Waals surface area contributed by atoms with Gasteiger partial charge in [0.2, 0.25) is 11.7 Å². The molecule has 1 spiro atoms. The van der Waals surface area contributed by atoms with E-state index in [4.69, 9.17) is 18.9 Å². The van der Waals surface area contributed by atoms with E-state index in [1.807, 2.05) is 0 Å². The van der Waals surface area contributed by atoms with Crippen LogP contribution in [0.15, 0.2) is 35.9 Å². The molecule has 4 fully saturated rings. The van der Waals surface area contributed by atoms with Crippen molar-refractivity contribution in [3.63, 3.8) is 0 Å². The standard InChI is InChI=1S/C28H29FO11/c1-11-7-15(30)21(32)26(2)14(11)9-16-27-10-38-28(25(36)37-3,22(33)17(31)19(26)27)20(27)18(24(35)39-16)40-23(34)12-5-4-6-13(29)8-12/h4-8,14,16-22,31-33H,9-10H2,1-3H3/t14-,16+,17?,18+,19?,20+,21+,22-,26-,27+,28+/m0/s1. The lowest BCUT2D eigenvalue weighted by atomic mass is 9.38. The predicted octanol–water partition coefficient (Wildman–Crippen LogP) is 0.0888. The van der Waals surface area contributed by atoms with Crippen molar-refractivity contribution < 1.29 is 57.8 Å². The Balaban J connectivity index is 1.55. The number of allylic oxidation sites excluding steroid dienone is 1. The van der Waals surface area contributed by atoms with E-state index >= 15 is 0 Å². The summed E-state index contributed by atoms with van der Waals surface area (Å²) in [4.78, 5) is 52.9. The molecule has 0 amide bonds. The highest BCUT2D eigenvalue weighted by atomic mass is 19.1. The monoisotopic (exact) mass is 560 g/mol. The average Bonchev–Trinajstić information content (AvgIpc) is 3.22. The molecule has 2 aliphatic heterocycles. The Morgan fingerprint density at radius 1 is 1.15 bits per heavy atom. The molecule has 0 radical (unpaired) electrons. The van der Waals surface area contributed by atoms with E-state index in [0.29, 0.717) is 5.57 Å². The van der Waals surface area contributed by atoms with Crippen molar-refractivity contribution in [2.75, 3.05) is 13.7 Å². The van der Waals surface area contributed by atoms with Crippen molar-refractivity contribution in [2.24, 2.45) is 28.6 Å². The average molecular weight is 561 g/mol. The molecule has 12 heteroatoms. The highest BCUT2D eigenvalue weighted by Gasteiger charge is 2.85. The Morgan fingerprint density at radius 3 is 2.55 bits per heavy atom. The topological polar surface area (TPSA) is 166 Å². The molecule has 2 heterocycles. The number of methoxy groups -OCH3 is 1. The number of hydrogen-bond acceptors (Lipinski definition) is 11. The van der Waals surface area contributed by atoms with Gasteiger partial charge in [0.05, 0.1) is 31.3 Å². The van der Waals surface area contributed by atoms with E-state index in [1.165, 1.54) is 18.2 Å². The number of carbonyl (C=O) groups is 4. The summed E-state index contributed by atoms with van der Waals surface area (Å²) in [5, 5.41) is 34.5. The van der Waals surface area contributed by atoms with Crippen molar-refractivity contribution in [3.05, 3.63) is 47.3 Å². The molecule has 2 saturated heterocycles. The van der Waals surface area contributed by atoms with Gasteiger partial charge in [-0.1, -0.05) is 18.6 Å². The number of halogens is 1. The van der Waals surface area contributed by atoms with Crippen molar-refractivity contribution in [2.45, 2.75) is 56.4 Å².